The minimum atomic E-state index is -0.400. The normalized spacial score (nSPS) is 12.1. The highest BCUT2D eigenvalue weighted by molar-refractivity contribution is 5.80. The number of carbonyl (C=O) groups is 1. The number of benzene rings is 1. The second kappa shape index (κ2) is 7.62. The number of ether oxygens (including phenoxy) is 2. The van der Waals surface area contributed by atoms with E-state index in [1.165, 1.54) is 7.11 Å². The average Bonchev–Trinajstić information content (AvgIpc) is 2.43. The molecule has 3 N–H and O–H groups in total. The fourth-order valence-corrected chi connectivity index (χ4v) is 1.77. The Morgan fingerprint density at radius 1 is 1.40 bits per heavy atom. The van der Waals surface area contributed by atoms with Gasteiger partial charge in [0.05, 0.1) is 19.4 Å². The van der Waals surface area contributed by atoms with Crippen LogP contribution in [0.5, 0.6) is 5.75 Å². The molecule has 0 fully saturated rings. The van der Waals surface area contributed by atoms with Crippen LogP contribution in [0, 0.1) is 5.92 Å². The van der Waals surface area contributed by atoms with Crippen LogP contribution in [0.2, 0.25) is 0 Å². The Bertz CT molecular complexity index is 447. The molecule has 0 saturated heterocycles. The van der Waals surface area contributed by atoms with Gasteiger partial charge in [0.2, 0.25) is 0 Å². The quantitative estimate of drug-likeness (QED) is 0.593. The molecule has 1 rings (SSSR count). The summed E-state index contributed by atoms with van der Waals surface area (Å²) in [5.74, 6) is 0.456. The highest BCUT2D eigenvalue weighted by Gasteiger charge is 2.22. The van der Waals surface area contributed by atoms with Crippen molar-refractivity contribution in [2.45, 2.75) is 33.2 Å². The molecule has 0 radical (unpaired) electrons. The average molecular weight is 280 g/mol. The van der Waals surface area contributed by atoms with Crippen molar-refractivity contribution in [1.82, 2.24) is 0 Å². The Morgan fingerprint density at radius 3 is 2.65 bits per heavy atom. The number of nitrogen functional groups attached to an aromatic ring is 1. The van der Waals surface area contributed by atoms with Crippen molar-refractivity contribution in [3.8, 4) is 5.75 Å². The first kappa shape index (κ1) is 16.1. The molecule has 0 aliphatic carbocycles. The van der Waals surface area contributed by atoms with E-state index in [0.717, 1.165) is 12.1 Å². The molecule has 0 aliphatic rings. The zero-order chi connectivity index (χ0) is 15.1. The lowest BCUT2D eigenvalue weighted by molar-refractivity contribution is -0.142. The Hall–Kier alpha value is -1.91. The molecule has 1 aromatic rings. The van der Waals surface area contributed by atoms with E-state index in [1.54, 1.807) is 6.07 Å². The van der Waals surface area contributed by atoms with Crippen molar-refractivity contribution in [3.05, 3.63) is 18.2 Å². The third-order valence-electron chi connectivity index (χ3n) is 2.92. The zero-order valence-corrected chi connectivity index (χ0v) is 12.6. The standard InChI is InChI=1S/C15H24N2O3/c1-5-8-20-13-9-11(6-7-12(13)16)17-14(10(2)3)15(18)19-4/h6-7,9-10,14,17H,5,8,16H2,1-4H3. The number of anilines is 2. The third-order valence-corrected chi connectivity index (χ3v) is 2.92. The predicted octanol–water partition coefficient (Wildman–Crippen LogP) is 2.67. The molecule has 0 aliphatic heterocycles. The Balaban J connectivity index is 2.87. The molecule has 1 atom stereocenters. The molecule has 0 aromatic heterocycles. The number of esters is 1. The summed E-state index contributed by atoms with van der Waals surface area (Å²) in [5.41, 5.74) is 7.24. The van der Waals surface area contributed by atoms with E-state index in [4.69, 9.17) is 15.2 Å². The molecule has 112 valence electrons. The Labute approximate surface area is 120 Å². The lowest BCUT2D eigenvalue weighted by atomic mass is 10.0. The highest BCUT2D eigenvalue weighted by atomic mass is 16.5. The van der Waals surface area contributed by atoms with Gasteiger partial charge < -0.3 is 20.5 Å². The van der Waals surface area contributed by atoms with Crippen molar-refractivity contribution in [2.75, 3.05) is 24.8 Å². The van der Waals surface area contributed by atoms with Gasteiger partial charge in [0, 0.05) is 11.8 Å². The molecule has 5 heteroatoms. The van der Waals surface area contributed by atoms with Gasteiger partial charge in [-0.2, -0.15) is 0 Å². The summed E-state index contributed by atoms with van der Waals surface area (Å²) in [6.45, 7) is 6.56. The van der Waals surface area contributed by atoms with E-state index in [-0.39, 0.29) is 11.9 Å². The summed E-state index contributed by atoms with van der Waals surface area (Å²) in [4.78, 5) is 11.7. The molecular formula is C15H24N2O3. The first-order valence-electron chi connectivity index (χ1n) is 6.86. The molecule has 0 bridgehead atoms. The Morgan fingerprint density at radius 2 is 2.10 bits per heavy atom. The lowest BCUT2D eigenvalue weighted by Crippen LogP contribution is -2.35. The van der Waals surface area contributed by atoms with Crippen LogP contribution in [0.4, 0.5) is 11.4 Å². The summed E-state index contributed by atoms with van der Waals surface area (Å²) < 4.78 is 10.4. The van der Waals surface area contributed by atoms with Crippen LogP contribution in [0.3, 0.4) is 0 Å². The van der Waals surface area contributed by atoms with Crippen LogP contribution < -0.4 is 15.8 Å². The first-order valence-corrected chi connectivity index (χ1v) is 6.86. The van der Waals surface area contributed by atoms with Gasteiger partial charge in [-0.3, -0.25) is 0 Å². The molecule has 1 aromatic carbocycles. The van der Waals surface area contributed by atoms with Gasteiger partial charge in [0.1, 0.15) is 11.8 Å². The van der Waals surface area contributed by atoms with Crippen molar-refractivity contribution in [2.24, 2.45) is 5.92 Å². The molecular weight excluding hydrogens is 256 g/mol. The van der Waals surface area contributed by atoms with Crippen LogP contribution >= 0.6 is 0 Å². The van der Waals surface area contributed by atoms with Crippen LogP contribution in [0.25, 0.3) is 0 Å². The monoisotopic (exact) mass is 280 g/mol. The maximum absolute atomic E-state index is 11.7. The molecule has 5 nitrogen and oxygen atoms in total. The van der Waals surface area contributed by atoms with Crippen molar-refractivity contribution in [3.63, 3.8) is 0 Å². The summed E-state index contributed by atoms with van der Waals surface area (Å²) in [5, 5.41) is 3.16. The van der Waals surface area contributed by atoms with E-state index in [9.17, 15) is 4.79 Å². The topological polar surface area (TPSA) is 73.6 Å². The second-order valence-corrected chi connectivity index (χ2v) is 4.99. The summed E-state index contributed by atoms with van der Waals surface area (Å²) in [6.07, 6.45) is 0.911. The highest BCUT2D eigenvalue weighted by Crippen LogP contribution is 2.26. The minimum absolute atomic E-state index is 0.111. The van der Waals surface area contributed by atoms with Crippen LogP contribution in [-0.4, -0.2) is 25.7 Å². The van der Waals surface area contributed by atoms with Crippen LogP contribution in [0.15, 0.2) is 18.2 Å². The van der Waals surface area contributed by atoms with E-state index < -0.39 is 6.04 Å². The summed E-state index contributed by atoms with van der Waals surface area (Å²) >= 11 is 0. The number of methoxy groups -OCH3 is 1. The van der Waals surface area contributed by atoms with E-state index in [0.29, 0.717) is 18.0 Å². The number of carbonyl (C=O) groups excluding carboxylic acids is 1. The number of nitrogens with two attached hydrogens (primary N) is 1. The third kappa shape index (κ3) is 4.33. The fraction of sp³-hybridized carbons (Fsp3) is 0.533. The van der Waals surface area contributed by atoms with E-state index in [2.05, 4.69) is 5.32 Å². The van der Waals surface area contributed by atoms with E-state index in [1.807, 2.05) is 32.9 Å². The number of nitrogens with one attached hydrogen (secondary N) is 1. The SMILES string of the molecule is CCCOc1cc(NC(C(=O)OC)C(C)C)ccc1N. The largest absolute Gasteiger partial charge is 0.491 e. The molecule has 0 amide bonds. The van der Waals surface area contributed by atoms with Crippen molar-refractivity contribution >= 4 is 17.3 Å². The van der Waals surface area contributed by atoms with Crippen LogP contribution in [-0.2, 0) is 9.53 Å². The van der Waals surface area contributed by atoms with Gasteiger partial charge in [0.15, 0.2) is 0 Å². The fourth-order valence-electron chi connectivity index (χ4n) is 1.77. The zero-order valence-electron chi connectivity index (χ0n) is 12.6. The summed E-state index contributed by atoms with van der Waals surface area (Å²) in [7, 11) is 1.39. The van der Waals surface area contributed by atoms with Gasteiger partial charge in [-0.05, 0) is 24.5 Å². The predicted molar refractivity (Wildman–Crippen MR) is 80.9 cm³/mol. The van der Waals surface area contributed by atoms with Gasteiger partial charge in [-0.25, -0.2) is 4.79 Å². The van der Waals surface area contributed by atoms with Gasteiger partial charge in [-0.15, -0.1) is 0 Å². The minimum Gasteiger partial charge on any atom is -0.491 e. The molecule has 0 saturated carbocycles. The van der Waals surface area contributed by atoms with Gasteiger partial charge >= 0.3 is 5.97 Å². The second-order valence-electron chi connectivity index (χ2n) is 4.99. The summed E-state index contributed by atoms with van der Waals surface area (Å²) in [6, 6.07) is 5.00. The molecule has 20 heavy (non-hydrogen) atoms. The number of rotatable bonds is 7. The maximum atomic E-state index is 11.7. The van der Waals surface area contributed by atoms with Gasteiger partial charge in [-0.1, -0.05) is 20.8 Å². The van der Waals surface area contributed by atoms with Gasteiger partial charge in [0.25, 0.3) is 0 Å². The van der Waals surface area contributed by atoms with Crippen molar-refractivity contribution in [1.29, 1.82) is 0 Å². The Kier molecular flexibility index (Phi) is 6.15. The van der Waals surface area contributed by atoms with Crippen LogP contribution in [0.1, 0.15) is 27.2 Å². The van der Waals surface area contributed by atoms with Crippen molar-refractivity contribution < 1.29 is 14.3 Å². The maximum Gasteiger partial charge on any atom is 0.328 e. The molecule has 1 unspecified atom stereocenters. The molecule has 0 spiro atoms. The lowest BCUT2D eigenvalue weighted by Gasteiger charge is -2.21. The number of hydrogen-bond acceptors (Lipinski definition) is 5. The molecule has 0 heterocycles. The first-order chi connectivity index (χ1) is 9.49. The van der Waals surface area contributed by atoms with E-state index >= 15 is 0 Å². The smallest absolute Gasteiger partial charge is 0.328 e. The number of hydrogen-bond donors (Lipinski definition) is 2.